The molecule has 0 aliphatic rings. The molecule has 25 heavy (non-hydrogen) atoms. The van der Waals surface area contributed by atoms with Crippen LogP contribution in [0.1, 0.15) is 33.1 Å². The number of rotatable bonds is 7. The second-order valence-electron chi connectivity index (χ2n) is 6.72. The van der Waals surface area contributed by atoms with Crippen molar-refractivity contribution < 1.29 is 0 Å². The van der Waals surface area contributed by atoms with Crippen LogP contribution < -0.4 is 15.9 Å². The van der Waals surface area contributed by atoms with Gasteiger partial charge in [0.05, 0.1) is 5.66 Å². The van der Waals surface area contributed by atoms with Crippen molar-refractivity contribution in [3.63, 3.8) is 0 Å². The molecule has 0 amide bonds. The fourth-order valence-corrected chi connectivity index (χ4v) is 8.81. The molecule has 0 aliphatic carbocycles. The largest absolute Gasteiger partial charge is 0.114 e. The van der Waals surface area contributed by atoms with Crippen LogP contribution >= 0.6 is 7.26 Å². The summed E-state index contributed by atoms with van der Waals surface area (Å²) in [6.07, 6.45) is 3.81. The molecule has 0 radical (unpaired) electrons. The summed E-state index contributed by atoms with van der Waals surface area (Å²) in [4.78, 5) is 0. The molecule has 0 fully saturated rings. The standard InChI is InChI=1S/C24H28P/c1-3-4-14-21(2)25(22-15-8-5-9-16-22,23-17-10-6-11-18-23)24-19-12-7-13-20-24/h5-13,15-21H,3-4,14H2,1-2H3/q+1. The van der Waals surface area contributed by atoms with Crippen molar-refractivity contribution in [3.05, 3.63) is 91.0 Å². The van der Waals surface area contributed by atoms with Gasteiger partial charge in [0.25, 0.3) is 0 Å². The Balaban J connectivity index is 2.28. The van der Waals surface area contributed by atoms with Gasteiger partial charge >= 0.3 is 0 Å². The Labute approximate surface area is 153 Å². The Morgan fingerprint density at radius 2 is 1.00 bits per heavy atom. The highest BCUT2D eigenvalue weighted by molar-refractivity contribution is 7.96. The first-order chi connectivity index (χ1) is 12.3. The minimum Gasteiger partial charge on any atom is -0.0654 e. The molecule has 3 rings (SSSR count). The van der Waals surface area contributed by atoms with Gasteiger partial charge in [-0.3, -0.25) is 0 Å². The molecule has 0 saturated carbocycles. The first kappa shape index (κ1) is 17.9. The normalized spacial score (nSPS) is 12.7. The van der Waals surface area contributed by atoms with Crippen molar-refractivity contribution in [1.29, 1.82) is 0 Å². The smallest absolute Gasteiger partial charge is 0.0654 e. The summed E-state index contributed by atoms with van der Waals surface area (Å²) < 4.78 is 0. The van der Waals surface area contributed by atoms with Crippen LogP contribution in [0.3, 0.4) is 0 Å². The van der Waals surface area contributed by atoms with Gasteiger partial charge in [-0.05, 0) is 56.2 Å². The zero-order valence-corrected chi connectivity index (χ0v) is 16.2. The van der Waals surface area contributed by atoms with E-state index < -0.39 is 7.26 Å². The highest BCUT2D eigenvalue weighted by Crippen LogP contribution is 2.60. The Bertz CT molecular complexity index is 653. The van der Waals surface area contributed by atoms with Crippen molar-refractivity contribution in [2.75, 3.05) is 0 Å². The average molecular weight is 347 g/mol. The molecule has 3 aromatic carbocycles. The van der Waals surface area contributed by atoms with Gasteiger partial charge in [-0.25, -0.2) is 0 Å². The van der Waals surface area contributed by atoms with E-state index in [4.69, 9.17) is 0 Å². The summed E-state index contributed by atoms with van der Waals surface area (Å²) in [5.74, 6) is 0. The van der Waals surface area contributed by atoms with Gasteiger partial charge in [-0.15, -0.1) is 0 Å². The molecule has 3 aromatic rings. The van der Waals surface area contributed by atoms with Crippen LogP contribution in [0, 0.1) is 0 Å². The molecule has 0 saturated heterocycles. The van der Waals surface area contributed by atoms with E-state index in [0.717, 1.165) is 0 Å². The summed E-state index contributed by atoms with van der Waals surface area (Å²) in [5, 5.41) is 4.49. The van der Waals surface area contributed by atoms with Gasteiger partial charge in [0, 0.05) is 0 Å². The van der Waals surface area contributed by atoms with E-state index in [0.29, 0.717) is 5.66 Å². The van der Waals surface area contributed by atoms with Gasteiger partial charge in [0.2, 0.25) is 0 Å². The topological polar surface area (TPSA) is 0 Å². The fourth-order valence-electron chi connectivity index (χ4n) is 3.89. The van der Waals surface area contributed by atoms with Crippen molar-refractivity contribution in [2.24, 2.45) is 0 Å². The third kappa shape index (κ3) is 3.55. The summed E-state index contributed by atoms with van der Waals surface area (Å²) >= 11 is 0. The molecule has 0 N–H and O–H groups in total. The number of hydrogen-bond donors (Lipinski definition) is 0. The monoisotopic (exact) mass is 347 g/mol. The van der Waals surface area contributed by atoms with E-state index in [2.05, 4.69) is 105 Å². The van der Waals surface area contributed by atoms with Gasteiger partial charge in [-0.1, -0.05) is 67.9 Å². The molecular weight excluding hydrogens is 319 g/mol. The minimum absolute atomic E-state index is 0.625. The van der Waals surface area contributed by atoms with E-state index in [1.54, 1.807) is 0 Å². The van der Waals surface area contributed by atoms with Gasteiger partial charge in [-0.2, -0.15) is 0 Å². The molecular formula is C24H28P+. The van der Waals surface area contributed by atoms with Crippen LogP contribution in [0.4, 0.5) is 0 Å². The highest BCUT2D eigenvalue weighted by atomic mass is 31.2. The fraction of sp³-hybridized carbons (Fsp3) is 0.250. The average Bonchev–Trinajstić information content (AvgIpc) is 2.69. The quantitative estimate of drug-likeness (QED) is 0.491. The maximum Gasteiger partial charge on any atom is 0.114 e. The molecule has 0 nitrogen and oxygen atoms in total. The van der Waals surface area contributed by atoms with Crippen molar-refractivity contribution >= 4 is 23.2 Å². The lowest BCUT2D eigenvalue weighted by atomic mass is 10.2. The molecule has 0 spiro atoms. The van der Waals surface area contributed by atoms with Gasteiger partial charge < -0.3 is 0 Å². The van der Waals surface area contributed by atoms with Crippen LogP contribution in [-0.4, -0.2) is 5.66 Å². The van der Waals surface area contributed by atoms with Crippen LogP contribution in [0.25, 0.3) is 0 Å². The molecule has 0 bridgehead atoms. The first-order valence-corrected chi connectivity index (χ1v) is 11.2. The molecule has 1 atom stereocenters. The van der Waals surface area contributed by atoms with Crippen LogP contribution in [0.5, 0.6) is 0 Å². The summed E-state index contributed by atoms with van der Waals surface area (Å²) in [6.45, 7) is 4.76. The van der Waals surface area contributed by atoms with E-state index in [1.165, 1.54) is 35.2 Å². The zero-order valence-electron chi connectivity index (χ0n) is 15.3. The Morgan fingerprint density at radius 3 is 1.32 bits per heavy atom. The molecule has 128 valence electrons. The minimum atomic E-state index is -1.67. The van der Waals surface area contributed by atoms with E-state index in [-0.39, 0.29) is 0 Å². The molecule has 0 aliphatic heterocycles. The number of unbranched alkanes of at least 4 members (excludes halogenated alkanes) is 1. The summed E-state index contributed by atoms with van der Waals surface area (Å²) in [5.41, 5.74) is 0.625. The van der Waals surface area contributed by atoms with Crippen LogP contribution in [0.15, 0.2) is 91.0 Å². The Morgan fingerprint density at radius 1 is 0.640 bits per heavy atom. The second-order valence-corrected chi connectivity index (χ2v) is 10.6. The van der Waals surface area contributed by atoms with Crippen LogP contribution in [0.2, 0.25) is 0 Å². The lowest BCUT2D eigenvalue weighted by Gasteiger charge is -2.33. The molecule has 1 unspecified atom stereocenters. The van der Waals surface area contributed by atoms with Crippen molar-refractivity contribution in [2.45, 2.75) is 38.8 Å². The summed E-state index contributed by atoms with van der Waals surface area (Å²) in [7, 11) is -1.67. The predicted molar refractivity (Wildman–Crippen MR) is 114 cm³/mol. The molecule has 1 heteroatoms. The zero-order chi connectivity index (χ0) is 17.5. The first-order valence-electron chi connectivity index (χ1n) is 9.35. The summed E-state index contributed by atoms with van der Waals surface area (Å²) in [6, 6.07) is 33.6. The third-order valence-corrected chi connectivity index (χ3v) is 10.0. The Kier molecular flexibility index (Phi) is 6.05. The van der Waals surface area contributed by atoms with Crippen LogP contribution in [-0.2, 0) is 0 Å². The third-order valence-electron chi connectivity index (χ3n) is 5.13. The Hall–Kier alpha value is -1.91. The SMILES string of the molecule is CCCCC(C)[P+](c1ccccc1)(c1ccccc1)c1ccccc1. The van der Waals surface area contributed by atoms with E-state index >= 15 is 0 Å². The molecule has 0 heterocycles. The van der Waals surface area contributed by atoms with Crippen molar-refractivity contribution in [1.82, 2.24) is 0 Å². The van der Waals surface area contributed by atoms with E-state index in [1.807, 2.05) is 0 Å². The maximum atomic E-state index is 2.47. The second kappa shape index (κ2) is 8.45. The highest BCUT2D eigenvalue weighted by Gasteiger charge is 2.49. The van der Waals surface area contributed by atoms with Gasteiger partial charge in [0.15, 0.2) is 0 Å². The van der Waals surface area contributed by atoms with E-state index in [9.17, 15) is 0 Å². The maximum absolute atomic E-state index is 2.47. The number of hydrogen-bond acceptors (Lipinski definition) is 0. The lowest BCUT2D eigenvalue weighted by Crippen LogP contribution is -2.37. The number of benzene rings is 3. The van der Waals surface area contributed by atoms with Gasteiger partial charge in [0.1, 0.15) is 23.2 Å². The predicted octanol–water partition coefficient (Wildman–Crippen LogP) is 5.56. The van der Waals surface area contributed by atoms with Crippen molar-refractivity contribution in [3.8, 4) is 0 Å². The molecule has 0 aromatic heterocycles. The lowest BCUT2D eigenvalue weighted by molar-refractivity contribution is 0.708.